The molecule has 1 aromatic heterocycles. The molecule has 1 aliphatic rings. The van der Waals surface area contributed by atoms with Gasteiger partial charge in [-0.3, -0.25) is 4.68 Å². The van der Waals surface area contributed by atoms with E-state index in [0.717, 1.165) is 24.9 Å². The molecule has 0 saturated carbocycles. The van der Waals surface area contributed by atoms with Crippen molar-refractivity contribution in [2.24, 2.45) is 12.2 Å². The Labute approximate surface area is 124 Å². The van der Waals surface area contributed by atoms with Gasteiger partial charge in [0.05, 0.1) is 17.1 Å². The molecule has 0 aliphatic heterocycles. The first-order valence-corrected chi connectivity index (χ1v) is 8.40. The molecule has 0 fully saturated rings. The highest BCUT2D eigenvalue weighted by atomic mass is 32.2. The van der Waals surface area contributed by atoms with Gasteiger partial charge < -0.3 is 5.32 Å². The molecule has 3 N–H and O–H groups in total. The highest BCUT2D eigenvalue weighted by Gasteiger charge is 2.23. The van der Waals surface area contributed by atoms with Crippen molar-refractivity contribution in [3.8, 4) is 0 Å². The van der Waals surface area contributed by atoms with Gasteiger partial charge in [-0.05, 0) is 43.5 Å². The van der Waals surface area contributed by atoms with Crippen LogP contribution in [0.5, 0.6) is 0 Å². The van der Waals surface area contributed by atoms with E-state index in [-0.39, 0.29) is 10.9 Å². The Morgan fingerprint density at radius 1 is 1.33 bits per heavy atom. The fourth-order valence-corrected chi connectivity index (χ4v) is 3.31. The topological polar surface area (TPSA) is 90.0 Å². The predicted molar refractivity (Wildman–Crippen MR) is 80.3 cm³/mol. The third-order valence-electron chi connectivity index (χ3n) is 3.90. The first kappa shape index (κ1) is 14.1. The first-order chi connectivity index (χ1) is 9.95. The van der Waals surface area contributed by atoms with Crippen LogP contribution in [0.4, 0.5) is 5.69 Å². The van der Waals surface area contributed by atoms with Gasteiger partial charge in [-0.15, -0.1) is 0 Å². The van der Waals surface area contributed by atoms with E-state index >= 15 is 0 Å². The van der Waals surface area contributed by atoms with E-state index in [4.69, 9.17) is 5.14 Å². The SMILES string of the molecule is Cn1ncc2c1CCCC2Nc1ccc(S(N)(=O)=O)cc1. The summed E-state index contributed by atoms with van der Waals surface area (Å²) in [6.07, 6.45) is 5.11. The van der Waals surface area contributed by atoms with Crippen molar-refractivity contribution in [2.75, 3.05) is 5.32 Å². The van der Waals surface area contributed by atoms with Crippen molar-refractivity contribution in [3.05, 3.63) is 41.7 Å². The summed E-state index contributed by atoms with van der Waals surface area (Å²) in [4.78, 5) is 0.124. The number of fused-ring (bicyclic) bond motifs is 1. The first-order valence-electron chi connectivity index (χ1n) is 6.85. The molecule has 0 saturated heterocycles. The van der Waals surface area contributed by atoms with Gasteiger partial charge in [0.15, 0.2) is 0 Å². The highest BCUT2D eigenvalue weighted by Crippen LogP contribution is 2.32. The largest absolute Gasteiger partial charge is 0.378 e. The molecule has 1 unspecified atom stereocenters. The van der Waals surface area contributed by atoms with Crippen molar-refractivity contribution in [2.45, 2.75) is 30.2 Å². The number of nitrogens with zero attached hydrogens (tertiary/aromatic N) is 2. The molecule has 1 heterocycles. The zero-order chi connectivity index (χ0) is 15.0. The summed E-state index contributed by atoms with van der Waals surface area (Å²) in [5, 5.41) is 12.9. The Balaban J connectivity index is 1.82. The number of anilines is 1. The number of aryl methyl sites for hydroxylation is 1. The summed E-state index contributed by atoms with van der Waals surface area (Å²) in [6, 6.07) is 6.73. The van der Waals surface area contributed by atoms with E-state index in [1.165, 1.54) is 23.4 Å². The number of nitrogens with two attached hydrogens (primary N) is 1. The molecular formula is C14H18N4O2S. The molecule has 7 heteroatoms. The van der Waals surface area contributed by atoms with Crippen LogP contribution in [0.2, 0.25) is 0 Å². The minimum Gasteiger partial charge on any atom is -0.378 e. The van der Waals surface area contributed by atoms with E-state index in [2.05, 4.69) is 10.4 Å². The summed E-state index contributed by atoms with van der Waals surface area (Å²) in [5.74, 6) is 0. The molecule has 21 heavy (non-hydrogen) atoms. The summed E-state index contributed by atoms with van der Waals surface area (Å²) < 4.78 is 24.4. The molecule has 6 nitrogen and oxygen atoms in total. The lowest BCUT2D eigenvalue weighted by molar-refractivity contribution is 0.571. The summed E-state index contributed by atoms with van der Waals surface area (Å²) in [7, 11) is -1.68. The molecule has 1 aromatic carbocycles. The van der Waals surface area contributed by atoms with E-state index < -0.39 is 10.0 Å². The third-order valence-corrected chi connectivity index (χ3v) is 4.83. The molecule has 0 spiro atoms. The maximum absolute atomic E-state index is 11.2. The van der Waals surface area contributed by atoms with Crippen LogP contribution in [-0.2, 0) is 23.5 Å². The van der Waals surface area contributed by atoms with Gasteiger partial charge in [0.1, 0.15) is 0 Å². The molecular weight excluding hydrogens is 288 g/mol. The van der Waals surface area contributed by atoms with Gasteiger partial charge in [0, 0.05) is 24.0 Å². The summed E-state index contributed by atoms with van der Waals surface area (Å²) >= 11 is 0. The van der Waals surface area contributed by atoms with Crippen LogP contribution in [0.1, 0.15) is 30.1 Å². The fourth-order valence-electron chi connectivity index (χ4n) is 2.80. The number of benzene rings is 1. The second-order valence-electron chi connectivity index (χ2n) is 5.33. The zero-order valence-electron chi connectivity index (χ0n) is 11.8. The Bertz CT molecular complexity index is 750. The lowest BCUT2D eigenvalue weighted by atomic mass is 9.93. The normalized spacial score (nSPS) is 18.3. The van der Waals surface area contributed by atoms with Crippen LogP contribution in [-0.4, -0.2) is 18.2 Å². The average Bonchev–Trinajstić information content (AvgIpc) is 2.82. The van der Waals surface area contributed by atoms with Crippen molar-refractivity contribution in [3.63, 3.8) is 0 Å². The van der Waals surface area contributed by atoms with Crippen LogP contribution in [0.25, 0.3) is 0 Å². The standard InChI is InChI=1S/C14H18N4O2S/c1-18-14-4-2-3-13(12(14)9-16-18)17-10-5-7-11(8-6-10)21(15,19)20/h5-9,13,17H,2-4H2,1H3,(H2,15,19,20). The van der Waals surface area contributed by atoms with E-state index in [1.807, 2.05) is 17.9 Å². The summed E-state index contributed by atoms with van der Waals surface area (Å²) in [6.45, 7) is 0. The number of hydrogen-bond acceptors (Lipinski definition) is 4. The van der Waals surface area contributed by atoms with Gasteiger partial charge in [0.2, 0.25) is 10.0 Å². The lowest BCUT2D eigenvalue weighted by Crippen LogP contribution is -2.18. The van der Waals surface area contributed by atoms with Gasteiger partial charge >= 0.3 is 0 Å². The van der Waals surface area contributed by atoms with E-state index in [1.54, 1.807) is 12.1 Å². The second kappa shape index (κ2) is 5.16. The number of aromatic nitrogens is 2. The second-order valence-corrected chi connectivity index (χ2v) is 6.89. The Morgan fingerprint density at radius 2 is 2.05 bits per heavy atom. The molecule has 0 bridgehead atoms. The van der Waals surface area contributed by atoms with Crippen LogP contribution in [0, 0.1) is 0 Å². The quantitative estimate of drug-likeness (QED) is 0.900. The smallest absolute Gasteiger partial charge is 0.238 e. The molecule has 3 rings (SSSR count). The zero-order valence-corrected chi connectivity index (χ0v) is 12.6. The monoisotopic (exact) mass is 306 g/mol. The summed E-state index contributed by atoms with van der Waals surface area (Å²) in [5.41, 5.74) is 3.36. The molecule has 1 atom stereocenters. The Kier molecular flexibility index (Phi) is 3.46. The Morgan fingerprint density at radius 3 is 2.71 bits per heavy atom. The van der Waals surface area contributed by atoms with Crippen molar-refractivity contribution in [1.29, 1.82) is 0 Å². The predicted octanol–water partition coefficient (Wildman–Crippen LogP) is 1.56. The molecule has 0 radical (unpaired) electrons. The van der Waals surface area contributed by atoms with E-state index in [9.17, 15) is 8.42 Å². The van der Waals surface area contributed by atoms with Crippen molar-refractivity contribution in [1.82, 2.24) is 9.78 Å². The number of rotatable bonds is 3. The van der Waals surface area contributed by atoms with Gasteiger partial charge in [-0.1, -0.05) is 0 Å². The number of hydrogen-bond donors (Lipinski definition) is 2. The number of primary sulfonamides is 1. The van der Waals surface area contributed by atoms with Crippen LogP contribution < -0.4 is 10.5 Å². The van der Waals surface area contributed by atoms with Gasteiger partial charge in [-0.25, -0.2) is 13.6 Å². The van der Waals surface area contributed by atoms with Gasteiger partial charge in [-0.2, -0.15) is 5.10 Å². The number of sulfonamides is 1. The third kappa shape index (κ3) is 2.79. The maximum Gasteiger partial charge on any atom is 0.238 e. The van der Waals surface area contributed by atoms with Crippen LogP contribution in [0.3, 0.4) is 0 Å². The highest BCUT2D eigenvalue weighted by molar-refractivity contribution is 7.89. The Hall–Kier alpha value is -1.86. The van der Waals surface area contributed by atoms with E-state index in [0.29, 0.717) is 0 Å². The number of nitrogens with one attached hydrogen (secondary N) is 1. The molecule has 0 amide bonds. The van der Waals surface area contributed by atoms with Crippen molar-refractivity contribution >= 4 is 15.7 Å². The fraction of sp³-hybridized carbons (Fsp3) is 0.357. The average molecular weight is 306 g/mol. The van der Waals surface area contributed by atoms with Crippen LogP contribution >= 0.6 is 0 Å². The molecule has 1 aliphatic carbocycles. The minimum atomic E-state index is -3.64. The minimum absolute atomic E-state index is 0.124. The van der Waals surface area contributed by atoms with Crippen molar-refractivity contribution < 1.29 is 8.42 Å². The van der Waals surface area contributed by atoms with Crippen LogP contribution in [0.15, 0.2) is 35.4 Å². The van der Waals surface area contributed by atoms with Gasteiger partial charge in [0.25, 0.3) is 0 Å². The molecule has 112 valence electrons. The lowest BCUT2D eigenvalue weighted by Gasteiger charge is -2.24. The molecule has 2 aromatic rings. The maximum atomic E-state index is 11.2.